The largest absolute Gasteiger partial charge is 0.387 e. The quantitative estimate of drug-likeness (QED) is 0.703. The summed E-state index contributed by atoms with van der Waals surface area (Å²) >= 11 is 3.41. The third-order valence-corrected chi connectivity index (χ3v) is 9.26. The van der Waals surface area contributed by atoms with Crippen LogP contribution in [-0.4, -0.2) is 35.5 Å². The minimum atomic E-state index is -0.593. The second kappa shape index (κ2) is 6.60. The molecule has 0 unspecified atom stereocenters. The van der Waals surface area contributed by atoms with Crippen molar-refractivity contribution in [2.24, 2.45) is 40.9 Å². The van der Waals surface area contributed by atoms with E-state index in [2.05, 4.69) is 22.9 Å². The number of carbonyl (C=O) groups excluding carboxylic acids is 1. The lowest BCUT2D eigenvalue weighted by Gasteiger charge is -2.53. The first-order valence-electron chi connectivity index (χ1n) is 10.2. The number of ether oxygens (including phenoxy) is 1. The monoisotopic (exact) mass is 412 g/mol. The van der Waals surface area contributed by atoms with Gasteiger partial charge in [-0.2, -0.15) is 0 Å². The summed E-state index contributed by atoms with van der Waals surface area (Å²) in [5, 5.41) is 11.4. The molecular formula is C21H33BrO3. The smallest absolute Gasteiger partial charge is 0.147 e. The fourth-order valence-corrected chi connectivity index (χ4v) is 8.21. The second-order valence-corrected chi connectivity index (χ2v) is 10.3. The highest BCUT2D eigenvalue weighted by Gasteiger charge is 2.60. The fraction of sp³-hybridized carbons (Fsp3) is 0.952. The number of carbonyl (C=O) groups is 1. The third kappa shape index (κ3) is 2.86. The number of ketones is 1. The van der Waals surface area contributed by atoms with Crippen LogP contribution in [0, 0.1) is 40.9 Å². The van der Waals surface area contributed by atoms with E-state index in [1.165, 1.54) is 32.1 Å². The van der Waals surface area contributed by atoms with Crippen molar-refractivity contribution in [2.75, 3.05) is 19.0 Å². The Kier molecular flexibility index (Phi) is 4.86. The lowest BCUT2D eigenvalue weighted by Crippen LogP contribution is -2.47. The summed E-state index contributed by atoms with van der Waals surface area (Å²) in [6.45, 7) is 2.90. The van der Waals surface area contributed by atoms with Crippen LogP contribution in [-0.2, 0) is 9.53 Å². The zero-order chi connectivity index (χ0) is 17.8. The molecule has 3 nitrogen and oxygen atoms in total. The first-order valence-corrected chi connectivity index (χ1v) is 11.3. The van der Waals surface area contributed by atoms with E-state index in [4.69, 9.17) is 4.74 Å². The normalized spacial score (nSPS) is 51.7. The van der Waals surface area contributed by atoms with E-state index in [1.807, 2.05) is 0 Å². The zero-order valence-electron chi connectivity index (χ0n) is 15.7. The molecule has 0 aliphatic heterocycles. The molecule has 4 rings (SSSR count). The molecule has 25 heavy (non-hydrogen) atoms. The molecule has 0 spiro atoms. The van der Waals surface area contributed by atoms with Crippen molar-refractivity contribution in [3.05, 3.63) is 0 Å². The van der Waals surface area contributed by atoms with Crippen LogP contribution >= 0.6 is 15.9 Å². The van der Waals surface area contributed by atoms with Gasteiger partial charge in [-0.25, -0.2) is 0 Å². The predicted molar refractivity (Wildman–Crippen MR) is 102 cm³/mol. The van der Waals surface area contributed by atoms with Gasteiger partial charge in [-0.05, 0) is 86.4 Å². The Morgan fingerprint density at radius 3 is 2.64 bits per heavy atom. The van der Waals surface area contributed by atoms with E-state index < -0.39 is 5.60 Å². The first-order chi connectivity index (χ1) is 11.9. The summed E-state index contributed by atoms with van der Waals surface area (Å²) < 4.78 is 5.32. The molecule has 0 bridgehead atoms. The molecule has 4 fully saturated rings. The van der Waals surface area contributed by atoms with Crippen LogP contribution in [0.3, 0.4) is 0 Å². The molecule has 0 aromatic heterocycles. The van der Waals surface area contributed by atoms with Crippen molar-refractivity contribution < 1.29 is 14.6 Å². The number of hydrogen-bond donors (Lipinski definition) is 1. The lowest BCUT2D eigenvalue weighted by molar-refractivity contribution is -0.127. The van der Waals surface area contributed by atoms with E-state index in [1.54, 1.807) is 7.11 Å². The van der Waals surface area contributed by atoms with Gasteiger partial charge in [-0.1, -0.05) is 22.9 Å². The maximum absolute atomic E-state index is 12.5. The summed E-state index contributed by atoms with van der Waals surface area (Å²) in [7, 11) is 1.70. The number of alkyl halides is 1. The molecule has 0 saturated heterocycles. The Balaban J connectivity index is 1.54. The Bertz CT molecular complexity index is 537. The Hall–Kier alpha value is 0.0700. The van der Waals surface area contributed by atoms with Crippen LogP contribution in [0.15, 0.2) is 0 Å². The van der Waals surface area contributed by atoms with Gasteiger partial charge in [-0.3, -0.25) is 4.79 Å². The molecule has 0 aromatic rings. The van der Waals surface area contributed by atoms with E-state index in [0.29, 0.717) is 29.6 Å². The zero-order valence-corrected chi connectivity index (χ0v) is 17.3. The molecule has 0 aromatic carbocycles. The van der Waals surface area contributed by atoms with Gasteiger partial charge in [0, 0.05) is 13.0 Å². The molecule has 0 radical (unpaired) electrons. The first kappa shape index (κ1) is 18.4. The van der Waals surface area contributed by atoms with Crippen molar-refractivity contribution in [3.63, 3.8) is 0 Å². The third-order valence-electron chi connectivity index (χ3n) is 8.71. The van der Waals surface area contributed by atoms with Crippen LogP contribution in [0.25, 0.3) is 0 Å². The number of methoxy groups -OCH3 is 1. The van der Waals surface area contributed by atoms with Crippen molar-refractivity contribution >= 4 is 21.7 Å². The fourth-order valence-electron chi connectivity index (χ4n) is 7.82. The molecule has 1 N–H and O–H groups in total. The van der Waals surface area contributed by atoms with Crippen molar-refractivity contribution in [1.29, 1.82) is 0 Å². The summed E-state index contributed by atoms with van der Waals surface area (Å²) in [5.74, 6) is 4.31. The number of fused-ring (bicyclic) bond motifs is 5. The lowest BCUT2D eigenvalue weighted by atomic mass is 9.51. The average molecular weight is 413 g/mol. The molecule has 0 heterocycles. The van der Waals surface area contributed by atoms with Crippen LogP contribution in [0.1, 0.15) is 58.3 Å². The second-order valence-electron chi connectivity index (χ2n) is 9.78. The van der Waals surface area contributed by atoms with Gasteiger partial charge in [0.1, 0.15) is 5.78 Å². The summed E-state index contributed by atoms with van der Waals surface area (Å²) in [4.78, 5) is 12.5. The van der Waals surface area contributed by atoms with E-state index >= 15 is 0 Å². The summed E-state index contributed by atoms with van der Waals surface area (Å²) in [6, 6.07) is 0. The molecule has 4 heteroatoms. The van der Waals surface area contributed by atoms with Crippen molar-refractivity contribution in [2.45, 2.75) is 63.9 Å². The number of hydrogen-bond acceptors (Lipinski definition) is 3. The minimum Gasteiger partial charge on any atom is -0.387 e. The van der Waals surface area contributed by atoms with E-state index in [-0.39, 0.29) is 11.3 Å². The van der Waals surface area contributed by atoms with Gasteiger partial charge in [0.2, 0.25) is 0 Å². The van der Waals surface area contributed by atoms with Crippen LogP contribution in [0.4, 0.5) is 0 Å². The molecule has 4 aliphatic rings. The van der Waals surface area contributed by atoms with Gasteiger partial charge in [0.25, 0.3) is 0 Å². The van der Waals surface area contributed by atoms with E-state index in [0.717, 1.165) is 37.0 Å². The molecule has 4 saturated carbocycles. The number of aliphatic hydroxyl groups is 1. The highest BCUT2D eigenvalue weighted by atomic mass is 79.9. The maximum atomic E-state index is 12.5. The van der Waals surface area contributed by atoms with Crippen molar-refractivity contribution in [1.82, 2.24) is 0 Å². The number of halogens is 1. The molecule has 0 amide bonds. The van der Waals surface area contributed by atoms with Crippen LogP contribution < -0.4 is 0 Å². The van der Waals surface area contributed by atoms with Crippen LogP contribution in [0.5, 0.6) is 0 Å². The highest BCUT2D eigenvalue weighted by Crippen LogP contribution is 2.65. The van der Waals surface area contributed by atoms with Crippen LogP contribution in [0.2, 0.25) is 0 Å². The number of rotatable bonds is 4. The Morgan fingerprint density at radius 2 is 1.92 bits per heavy atom. The predicted octanol–water partition coefficient (Wildman–Crippen LogP) is 4.21. The number of Topliss-reactive ketones (excluding diaryl/α,β-unsaturated/α-hetero) is 1. The van der Waals surface area contributed by atoms with Gasteiger partial charge >= 0.3 is 0 Å². The maximum Gasteiger partial charge on any atom is 0.147 e. The van der Waals surface area contributed by atoms with E-state index in [9.17, 15) is 9.90 Å². The van der Waals surface area contributed by atoms with Gasteiger partial charge in [-0.15, -0.1) is 0 Å². The summed E-state index contributed by atoms with van der Waals surface area (Å²) in [5.41, 5.74) is -0.371. The van der Waals surface area contributed by atoms with Gasteiger partial charge in [0.05, 0.1) is 17.5 Å². The SMILES string of the molecule is COC[C@]1(O)C[C@H]2CC[C@@H]3[C@H](CC[C@]4(C)[C@@H](C(=O)CBr)CC[C@@H]34)[C@H]2C1. The molecule has 142 valence electrons. The topological polar surface area (TPSA) is 46.5 Å². The molecule has 8 atom stereocenters. The Labute approximate surface area is 160 Å². The van der Waals surface area contributed by atoms with Gasteiger partial charge in [0.15, 0.2) is 0 Å². The molecule has 4 aliphatic carbocycles. The summed E-state index contributed by atoms with van der Waals surface area (Å²) in [6.07, 6.45) is 9.23. The minimum absolute atomic E-state index is 0.223. The van der Waals surface area contributed by atoms with Crippen molar-refractivity contribution in [3.8, 4) is 0 Å². The average Bonchev–Trinajstić information content (AvgIpc) is 3.10. The van der Waals surface area contributed by atoms with Gasteiger partial charge < -0.3 is 9.84 Å². The standard InChI is InChI=1S/C21H33BrO3/c1-20-8-7-14-15(17(20)5-6-18(20)19(23)11-22)4-3-13-9-21(24,12-25-2)10-16(13)14/h13-18,24H,3-12H2,1-2H3/t13-,14+,15-,16+,17+,18-,20+,21+/m1/s1. The Morgan fingerprint density at radius 1 is 1.12 bits per heavy atom. The molecular weight excluding hydrogens is 380 g/mol. The highest BCUT2D eigenvalue weighted by molar-refractivity contribution is 9.09.